The fourth-order valence-corrected chi connectivity index (χ4v) is 18.3. The molecule has 2 aromatic heterocycles. The number of fused-ring (bicyclic) bond motifs is 16. The van der Waals surface area contributed by atoms with Crippen molar-refractivity contribution >= 4 is 199 Å². The van der Waals surface area contributed by atoms with Gasteiger partial charge in [-0.05, 0) is 36.4 Å². The number of anilines is 15. The molecule has 0 amide bonds. The van der Waals surface area contributed by atoms with E-state index < -0.39 is 0 Å². The van der Waals surface area contributed by atoms with Crippen LogP contribution in [0.1, 0.15) is 0 Å². The quantitative estimate of drug-likeness (QED) is 0.133. The van der Waals surface area contributed by atoms with Crippen LogP contribution in [0.2, 0.25) is 0 Å². The van der Waals surface area contributed by atoms with Gasteiger partial charge in [0.05, 0.1) is 0 Å². The van der Waals surface area contributed by atoms with E-state index in [2.05, 4.69) is 346 Å². The first-order valence-corrected chi connectivity index (χ1v) is 33.8. The molecule has 20 rings (SSSR count). The van der Waals surface area contributed by atoms with E-state index in [1.807, 2.05) is 0 Å². The van der Waals surface area contributed by atoms with Gasteiger partial charge in [0.1, 0.15) is 0 Å². The van der Waals surface area contributed by atoms with Crippen LogP contribution in [0.25, 0.3) is 43.9 Å². The fraction of sp³-hybridized carbons (Fsp3) is 0. The van der Waals surface area contributed by atoms with E-state index in [0.29, 0.717) is 0 Å². The Labute approximate surface area is 550 Å². The van der Waals surface area contributed by atoms with Gasteiger partial charge in [-0.25, -0.2) is 0 Å². The van der Waals surface area contributed by atoms with Crippen LogP contribution in [-0.4, -0.2) is 28.4 Å². The van der Waals surface area contributed by atoms with Crippen LogP contribution >= 0.6 is 0 Å². The van der Waals surface area contributed by atoms with E-state index in [9.17, 15) is 0 Å². The summed E-state index contributed by atoms with van der Waals surface area (Å²) in [4.78, 5) is 12.2. The Morgan fingerprint density at radius 3 is 1.19 bits per heavy atom. The maximum atomic E-state index is 7.58. The van der Waals surface area contributed by atoms with Crippen molar-refractivity contribution in [1.82, 2.24) is 0 Å². The summed E-state index contributed by atoms with van der Waals surface area (Å²) in [5.74, 6) is 0. The average Bonchev–Trinajstić information content (AvgIpc) is 1.28. The average molecular weight is 1260 g/mol. The number of hydrogen-bond acceptors (Lipinski definition) is 7. The third-order valence-electron chi connectivity index (χ3n) is 19.6. The van der Waals surface area contributed by atoms with Crippen LogP contribution in [0.15, 0.2) is 330 Å². The molecule has 0 fully saturated rings. The zero-order valence-electron chi connectivity index (χ0n) is 50.7. The second-order valence-electron chi connectivity index (χ2n) is 24.7. The first kappa shape index (κ1) is 53.0. The van der Waals surface area contributed by atoms with Gasteiger partial charge < -0.3 is 4.90 Å². The van der Waals surface area contributed by atoms with Crippen molar-refractivity contribution in [1.29, 1.82) is 0 Å². The second-order valence-corrected chi connectivity index (χ2v) is 26.9. The summed E-state index contributed by atoms with van der Waals surface area (Å²) in [7, 11) is 0. The molecule has 0 radical (unpaired) electrons. The van der Waals surface area contributed by atoms with Gasteiger partial charge in [0, 0.05) is 23.1 Å². The van der Waals surface area contributed by atoms with Crippen molar-refractivity contribution in [3.8, 4) is 0 Å². The predicted octanol–water partition coefficient (Wildman–Crippen LogP) is 16.8. The number of nitrogens with zero attached hydrogens (tertiary/aromatic N) is 5. The molecule has 438 valence electrons. The molecule has 0 saturated heterocycles. The third-order valence-corrected chi connectivity index (χ3v) is 22.1. The molecule has 10 heteroatoms. The molecule has 7 nitrogen and oxygen atoms in total. The Morgan fingerprint density at radius 2 is 0.681 bits per heavy atom. The van der Waals surface area contributed by atoms with E-state index in [1.54, 1.807) is 0 Å². The van der Waals surface area contributed by atoms with Crippen molar-refractivity contribution in [3.63, 3.8) is 0 Å². The Balaban J connectivity index is 0.857. The van der Waals surface area contributed by atoms with Gasteiger partial charge in [0.2, 0.25) is 0 Å². The normalized spacial score (nSPS) is 13.2. The van der Waals surface area contributed by atoms with Gasteiger partial charge in [-0.15, -0.1) is 0 Å². The molecule has 14 aromatic carbocycles. The molecule has 0 unspecified atom stereocenters. The molecule has 94 heavy (non-hydrogen) atoms. The predicted molar refractivity (Wildman–Crippen MR) is 395 cm³/mol. The van der Waals surface area contributed by atoms with E-state index in [1.165, 1.54) is 47.4 Å². The summed E-state index contributed by atoms with van der Waals surface area (Å²) in [5.41, 5.74) is 27.4. The van der Waals surface area contributed by atoms with Crippen LogP contribution in [0.5, 0.6) is 0 Å². The second kappa shape index (κ2) is 20.9. The van der Waals surface area contributed by atoms with Crippen molar-refractivity contribution in [3.05, 3.63) is 322 Å². The Morgan fingerprint density at radius 1 is 0.277 bits per heavy atom. The zero-order valence-corrected chi connectivity index (χ0v) is 52.4. The van der Waals surface area contributed by atoms with Crippen LogP contribution in [0.3, 0.4) is 0 Å². The Kier molecular flexibility index (Phi) is 11.8. The summed E-state index contributed by atoms with van der Waals surface area (Å²) < 4.78 is 17.7. The van der Waals surface area contributed by atoms with E-state index in [4.69, 9.17) is 8.83 Å². The van der Waals surface area contributed by atoms with Crippen LogP contribution in [0, 0.1) is 0 Å². The Bertz CT molecular complexity index is 5620. The van der Waals surface area contributed by atoms with Crippen LogP contribution in [-0.2, 0) is 0 Å². The standard InChI is InChI=1S/C84H53B2N5O2Se/c1-8-26-54(27-9-1)87(55-28-10-2-11-29-55)61-44-46-63-65-50-74-79-81(82(65)92-76(63)48-61)91(60-38-20-7-21-39-60)71-42-24-22-40-67(71)85(79)69-52-70-73(53-72(69)89(74)58-34-16-5-17-35-58)90(59-36-18-6-19-37-59)75-51-66-64-47-45-62(88(56-30-12-3-13-31-56)57-32-14-4-15-33-57)49-77(64)93-83(66)84-80(75)86(70)68-41-23-25-43-78(68)94-84/h1-53H. The minimum atomic E-state index is -0.200. The molecule has 0 N–H and O–H groups in total. The van der Waals surface area contributed by atoms with Gasteiger partial charge in [0.15, 0.2) is 0 Å². The van der Waals surface area contributed by atoms with E-state index in [-0.39, 0.29) is 28.4 Å². The molecule has 4 aliphatic heterocycles. The van der Waals surface area contributed by atoms with Gasteiger partial charge in [-0.2, -0.15) is 0 Å². The maximum absolute atomic E-state index is 7.58. The number of para-hydroxylation sites is 8. The summed E-state index contributed by atoms with van der Waals surface area (Å²) in [5, 5.41) is 4.31. The van der Waals surface area contributed by atoms with Gasteiger partial charge in [-0.1, -0.05) is 54.6 Å². The molecule has 0 aliphatic carbocycles. The van der Waals surface area contributed by atoms with E-state index >= 15 is 0 Å². The third kappa shape index (κ3) is 7.94. The molecular formula is C84H53B2N5O2Se. The van der Waals surface area contributed by atoms with Crippen LogP contribution < -0.4 is 66.2 Å². The molecule has 0 spiro atoms. The summed E-state index contributed by atoms with van der Waals surface area (Å²) in [6.45, 7) is -0.310. The fourth-order valence-electron chi connectivity index (χ4n) is 15.7. The topological polar surface area (TPSA) is 42.5 Å². The zero-order chi connectivity index (χ0) is 61.5. The van der Waals surface area contributed by atoms with Crippen molar-refractivity contribution in [2.24, 2.45) is 0 Å². The number of furan rings is 2. The monoisotopic (exact) mass is 1270 g/mol. The summed E-state index contributed by atoms with van der Waals surface area (Å²) >= 11 is -0.0944. The first-order chi connectivity index (χ1) is 46.7. The number of hydrogen-bond donors (Lipinski definition) is 0. The molecule has 0 atom stereocenters. The Hall–Kier alpha value is -11.7. The number of benzene rings is 14. The van der Waals surface area contributed by atoms with Gasteiger partial charge in [-0.3, -0.25) is 0 Å². The number of rotatable bonds is 9. The SMILES string of the molecule is c1ccc(N(c2ccccc2)c2ccc3c(c2)oc2c4c5c(cc23)N(c2ccccc2)c2cc3c(cc2B5c2ccccc2[Se]4)B2c4ccccc4N(c4ccccc4)c4c2c(cc2c4oc4cc(N(c5ccccc5)c5ccccc5)ccc42)N3c2ccccc2)cc1. The molecule has 16 aromatic rings. The van der Waals surface area contributed by atoms with E-state index in [0.717, 1.165) is 124 Å². The van der Waals surface area contributed by atoms with Gasteiger partial charge >= 0.3 is 435 Å². The first-order valence-electron chi connectivity index (χ1n) is 32.1. The van der Waals surface area contributed by atoms with Crippen molar-refractivity contribution in [2.75, 3.05) is 24.5 Å². The van der Waals surface area contributed by atoms with Gasteiger partial charge in [0.25, 0.3) is 0 Å². The molecular weight excluding hydrogens is 1210 g/mol. The summed E-state index contributed by atoms with van der Waals surface area (Å²) in [6.07, 6.45) is 0. The van der Waals surface area contributed by atoms with Crippen LogP contribution in [0.4, 0.5) is 85.3 Å². The van der Waals surface area contributed by atoms with Crippen molar-refractivity contribution in [2.45, 2.75) is 0 Å². The molecule has 4 aliphatic rings. The molecule has 0 saturated carbocycles. The minimum absolute atomic E-state index is 0.0944. The molecule has 0 bridgehead atoms. The van der Waals surface area contributed by atoms with Crippen molar-refractivity contribution < 1.29 is 8.83 Å². The summed E-state index contributed by atoms with van der Waals surface area (Å²) in [6, 6.07) is 117. The molecule has 6 heterocycles.